The van der Waals surface area contributed by atoms with Crippen molar-refractivity contribution in [3.63, 3.8) is 0 Å². The molecule has 3 rings (SSSR count). The van der Waals surface area contributed by atoms with Gasteiger partial charge in [-0.25, -0.2) is 0 Å². The van der Waals surface area contributed by atoms with E-state index in [0.717, 1.165) is 6.54 Å². The summed E-state index contributed by atoms with van der Waals surface area (Å²) in [5.41, 5.74) is 5.34. The van der Waals surface area contributed by atoms with Crippen molar-refractivity contribution in [3.8, 4) is 0 Å². The molecule has 0 atom stereocenters. The Balaban J connectivity index is 1.99. The molecule has 0 unspecified atom stereocenters. The van der Waals surface area contributed by atoms with E-state index >= 15 is 0 Å². The Bertz CT molecular complexity index is 711. The number of hydrogen-bond donors (Lipinski definition) is 1. The van der Waals surface area contributed by atoms with Gasteiger partial charge in [-0.3, -0.25) is 0 Å². The highest BCUT2D eigenvalue weighted by atomic mass is 14.9. The van der Waals surface area contributed by atoms with E-state index in [2.05, 4.69) is 85.2 Å². The van der Waals surface area contributed by atoms with Crippen LogP contribution in [0, 0.1) is 5.92 Å². The van der Waals surface area contributed by atoms with Crippen LogP contribution < -0.4 is 5.32 Å². The molecule has 0 aromatic heterocycles. The molecule has 3 aliphatic rings. The maximum absolute atomic E-state index is 3.44. The van der Waals surface area contributed by atoms with Crippen molar-refractivity contribution < 1.29 is 0 Å². The quantitative estimate of drug-likeness (QED) is 0.575. The third-order valence-electron chi connectivity index (χ3n) is 5.28. The van der Waals surface area contributed by atoms with Crippen LogP contribution in [0.3, 0.4) is 0 Å². The predicted molar refractivity (Wildman–Crippen MR) is 114 cm³/mol. The average Bonchev–Trinajstić information content (AvgIpc) is 2.88. The second-order valence-electron chi connectivity index (χ2n) is 7.15. The summed E-state index contributed by atoms with van der Waals surface area (Å²) in [7, 11) is 0. The van der Waals surface area contributed by atoms with E-state index in [1.807, 2.05) is 0 Å². The molecule has 0 aliphatic heterocycles. The standard InChI is InChI=1S/C25H31N/c1-2-26-23-17-12-18-24(21-13-10-6-7-11-14-21)25(20-19-23)22-15-8-4-3-5-9-16-22/h3-5,8-9,12,15-21,26H,2,6-7,10-11,13-14H2,1H3/b4-3+,5-3?,8-4?,9-5-,15-8?,16-9?,17-12?,18-12?,20-19?,22-15?,22-16-,23-17?,23-19?,24-18-,25-20+,25-24?. The minimum atomic E-state index is 0.668. The van der Waals surface area contributed by atoms with Gasteiger partial charge >= 0.3 is 0 Å². The van der Waals surface area contributed by atoms with Gasteiger partial charge < -0.3 is 5.32 Å². The fourth-order valence-corrected chi connectivity index (χ4v) is 3.95. The van der Waals surface area contributed by atoms with Gasteiger partial charge in [0.25, 0.3) is 0 Å². The Kier molecular flexibility index (Phi) is 7.13. The smallest absolute Gasteiger partial charge is 0.0340 e. The molecular weight excluding hydrogens is 314 g/mol. The Morgan fingerprint density at radius 2 is 1.54 bits per heavy atom. The molecule has 0 amide bonds. The van der Waals surface area contributed by atoms with Gasteiger partial charge in [-0.2, -0.15) is 0 Å². The normalized spacial score (nSPS) is 29.9. The lowest BCUT2D eigenvalue weighted by molar-refractivity contribution is 0.536. The fourth-order valence-electron chi connectivity index (χ4n) is 3.95. The maximum atomic E-state index is 3.44. The molecule has 0 aromatic rings. The Hall–Kier alpha value is -2.28. The van der Waals surface area contributed by atoms with Crippen molar-refractivity contribution in [3.05, 3.63) is 95.3 Å². The summed E-state index contributed by atoms with van der Waals surface area (Å²) in [4.78, 5) is 0. The van der Waals surface area contributed by atoms with Crippen LogP contribution in [0.25, 0.3) is 0 Å². The first-order chi connectivity index (χ1) is 12.9. The summed E-state index contributed by atoms with van der Waals surface area (Å²) in [6.07, 6.45) is 34.5. The average molecular weight is 346 g/mol. The van der Waals surface area contributed by atoms with Gasteiger partial charge in [-0.15, -0.1) is 0 Å². The van der Waals surface area contributed by atoms with Crippen LogP contribution in [0.5, 0.6) is 0 Å². The zero-order valence-electron chi connectivity index (χ0n) is 16.0. The summed E-state index contributed by atoms with van der Waals surface area (Å²) in [5.74, 6) is 0.668. The molecule has 0 spiro atoms. The molecule has 0 saturated heterocycles. The molecule has 1 saturated carbocycles. The SMILES string of the molecule is CCNC1=C/C=C(\C2=C/C=C\C=C\C=C2)C(/C2CCCCCC2)=C\C=C1. The van der Waals surface area contributed by atoms with Gasteiger partial charge in [-0.1, -0.05) is 86.4 Å². The summed E-state index contributed by atoms with van der Waals surface area (Å²) >= 11 is 0. The van der Waals surface area contributed by atoms with Crippen molar-refractivity contribution in [1.29, 1.82) is 0 Å². The fraction of sp³-hybridized carbons (Fsp3) is 0.360. The van der Waals surface area contributed by atoms with Crippen LogP contribution in [-0.4, -0.2) is 6.54 Å². The third-order valence-corrected chi connectivity index (χ3v) is 5.28. The molecule has 1 N–H and O–H groups in total. The van der Waals surface area contributed by atoms with Crippen LogP contribution in [-0.2, 0) is 0 Å². The first-order valence-electron chi connectivity index (χ1n) is 10.1. The van der Waals surface area contributed by atoms with Gasteiger partial charge in [-0.05, 0) is 54.6 Å². The second-order valence-corrected chi connectivity index (χ2v) is 7.15. The lowest BCUT2D eigenvalue weighted by Crippen LogP contribution is -2.12. The number of hydrogen-bond acceptors (Lipinski definition) is 1. The van der Waals surface area contributed by atoms with E-state index in [4.69, 9.17) is 0 Å². The van der Waals surface area contributed by atoms with Crippen molar-refractivity contribution in [1.82, 2.24) is 5.32 Å². The van der Waals surface area contributed by atoms with E-state index in [-0.39, 0.29) is 0 Å². The molecule has 0 heterocycles. The second kappa shape index (κ2) is 10.0. The van der Waals surface area contributed by atoms with Crippen LogP contribution in [0.4, 0.5) is 0 Å². The van der Waals surface area contributed by atoms with Gasteiger partial charge in [0.1, 0.15) is 0 Å². The molecule has 3 aliphatic carbocycles. The molecule has 1 nitrogen and oxygen atoms in total. The minimum absolute atomic E-state index is 0.668. The number of nitrogens with one attached hydrogen (secondary N) is 1. The van der Waals surface area contributed by atoms with Gasteiger partial charge in [0.05, 0.1) is 0 Å². The zero-order valence-corrected chi connectivity index (χ0v) is 16.0. The lowest BCUT2D eigenvalue weighted by atomic mass is 9.82. The van der Waals surface area contributed by atoms with E-state index in [9.17, 15) is 0 Å². The molecule has 136 valence electrons. The van der Waals surface area contributed by atoms with Gasteiger partial charge in [0, 0.05) is 12.2 Å². The number of likely N-dealkylation sites (N-methyl/N-ethyl adjacent to an activating group) is 1. The van der Waals surface area contributed by atoms with Crippen molar-refractivity contribution in [2.75, 3.05) is 6.54 Å². The number of allylic oxidation sites excluding steroid dienone is 15. The number of rotatable bonds is 4. The van der Waals surface area contributed by atoms with E-state index in [0.29, 0.717) is 5.92 Å². The molecular formula is C25H31N. The van der Waals surface area contributed by atoms with Crippen LogP contribution in [0.15, 0.2) is 95.3 Å². The molecule has 1 fully saturated rings. The Morgan fingerprint density at radius 3 is 2.35 bits per heavy atom. The van der Waals surface area contributed by atoms with Crippen molar-refractivity contribution >= 4 is 0 Å². The topological polar surface area (TPSA) is 12.0 Å². The zero-order chi connectivity index (χ0) is 18.0. The lowest BCUT2D eigenvalue weighted by Gasteiger charge is -2.23. The molecule has 26 heavy (non-hydrogen) atoms. The highest BCUT2D eigenvalue weighted by molar-refractivity contribution is 5.58. The third kappa shape index (κ3) is 5.11. The highest BCUT2D eigenvalue weighted by Crippen LogP contribution is 2.36. The van der Waals surface area contributed by atoms with Crippen LogP contribution >= 0.6 is 0 Å². The minimum Gasteiger partial charge on any atom is -0.385 e. The summed E-state index contributed by atoms with van der Waals surface area (Å²) < 4.78 is 0. The van der Waals surface area contributed by atoms with Crippen LogP contribution in [0.2, 0.25) is 0 Å². The van der Waals surface area contributed by atoms with E-state index in [1.54, 1.807) is 0 Å². The summed E-state index contributed by atoms with van der Waals surface area (Å²) in [6, 6.07) is 0. The van der Waals surface area contributed by atoms with Crippen LogP contribution in [0.1, 0.15) is 45.4 Å². The summed E-state index contributed by atoms with van der Waals surface area (Å²) in [5, 5.41) is 3.44. The first kappa shape index (κ1) is 18.5. The predicted octanol–water partition coefficient (Wildman–Crippen LogP) is 6.48. The molecule has 0 aromatic carbocycles. The largest absolute Gasteiger partial charge is 0.385 e. The Morgan fingerprint density at radius 1 is 0.769 bits per heavy atom. The van der Waals surface area contributed by atoms with E-state index < -0.39 is 0 Å². The monoisotopic (exact) mass is 345 g/mol. The van der Waals surface area contributed by atoms with Crippen molar-refractivity contribution in [2.24, 2.45) is 5.92 Å². The maximum Gasteiger partial charge on any atom is 0.0340 e. The molecule has 0 radical (unpaired) electrons. The molecule has 1 heteroatoms. The highest BCUT2D eigenvalue weighted by Gasteiger charge is 2.21. The molecule has 0 bridgehead atoms. The van der Waals surface area contributed by atoms with Gasteiger partial charge in [0.2, 0.25) is 0 Å². The van der Waals surface area contributed by atoms with E-state index in [1.165, 1.54) is 60.9 Å². The first-order valence-corrected chi connectivity index (χ1v) is 10.1. The Labute approximate surface area is 159 Å². The summed E-state index contributed by atoms with van der Waals surface area (Å²) in [6.45, 7) is 3.08. The van der Waals surface area contributed by atoms with Crippen molar-refractivity contribution in [2.45, 2.75) is 45.4 Å². The van der Waals surface area contributed by atoms with Gasteiger partial charge in [0.15, 0.2) is 0 Å².